The Morgan fingerprint density at radius 2 is 2.35 bits per heavy atom. The first-order valence-corrected chi connectivity index (χ1v) is 8.46. The monoisotopic (exact) mass is 294 g/mol. The second-order valence-corrected chi connectivity index (χ2v) is 7.00. The van der Waals surface area contributed by atoms with Crippen LogP contribution in [0.5, 0.6) is 0 Å². The summed E-state index contributed by atoms with van der Waals surface area (Å²) in [5.74, 6) is 0.319. The van der Waals surface area contributed by atoms with Gasteiger partial charge in [-0.05, 0) is 49.7 Å². The van der Waals surface area contributed by atoms with E-state index in [1.54, 1.807) is 11.3 Å². The van der Waals surface area contributed by atoms with Crippen LogP contribution >= 0.6 is 11.3 Å². The van der Waals surface area contributed by atoms with E-state index in [1.165, 1.54) is 10.4 Å². The summed E-state index contributed by atoms with van der Waals surface area (Å²) in [6.07, 6.45) is 4.20. The van der Waals surface area contributed by atoms with E-state index < -0.39 is 0 Å². The van der Waals surface area contributed by atoms with Gasteiger partial charge in [0, 0.05) is 18.5 Å². The Hall–Kier alpha value is -0.870. The highest BCUT2D eigenvalue weighted by atomic mass is 32.1. The van der Waals surface area contributed by atoms with Gasteiger partial charge in [-0.25, -0.2) is 0 Å². The number of carbonyl (C=O) groups excluding carboxylic acids is 1. The number of rotatable bonds is 5. The summed E-state index contributed by atoms with van der Waals surface area (Å²) in [7, 11) is 1.95. The highest BCUT2D eigenvalue weighted by Gasteiger charge is 2.40. The topological polar surface area (TPSA) is 32.3 Å². The highest BCUT2D eigenvalue weighted by molar-refractivity contribution is 7.10. The number of nitrogens with zero attached hydrogens (tertiary/aromatic N) is 1. The molecule has 2 rings (SSSR count). The maximum Gasteiger partial charge on any atom is 0.230 e. The Bertz CT molecular complexity index is 444. The van der Waals surface area contributed by atoms with E-state index in [-0.39, 0.29) is 5.41 Å². The number of thiophene rings is 1. The summed E-state index contributed by atoms with van der Waals surface area (Å²) in [5.41, 5.74) is 1.12. The van der Waals surface area contributed by atoms with Crippen LogP contribution in [0.15, 0.2) is 11.4 Å². The Kier molecular flexibility index (Phi) is 5.22. The molecular weight excluding hydrogens is 268 g/mol. The molecule has 1 saturated heterocycles. The number of hydrogen-bond acceptors (Lipinski definition) is 3. The molecule has 1 aromatic rings. The predicted molar refractivity (Wildman–Crippen MR) is 85.0 cm³/mol. The van der Waals surface area contributed by atoms with Gasteiger partial charge in [-0.1, -0.05) is 13.3 Å². The van der Waals surface area contributed by atoms with E-state index in [0.29, 0.717) is 5.91 Å². The second kappa shape index (κ2) is 6.72. The third-order valence-corrected chi connectivity index (χ3v) is 5.36. The molecule has 0 saturated carbocycles. The van der Waals surface area contributed by atoms with Gasteiger partial charge in [0.25, 0.3) is 0 Å². The first kappa shape index (κ1) is 15.5. The molecular formula is C16H26N2OS. The maximum absolute atomic E-state index is 12.9. The minimum Gasteiger partial charge on any atom is -0.340 e. The molecule has 1 fully saturated rings. The number of hydrogen-bond donors (Lipinski definition) is 1. The van der Waals surface area contributed by atoms with Crippen LogP contribution in [0.25, 0.3) is 0 Å². The first-order chi connectivity index (χ1) is 9.59. The van der Waals surface area contributed by atoms with Crippen LogP contribution in [0.2, 0.25) is 0 Å². The quantitative estimate of drug-likeness (QED) is 0.904. The summed E-state index contributed by atoms with van der Waals surface area (Å²) in [5, 5.41) is 5.53. The standard InChI is InChI=1S/C16H26N2OS/c1-4-7-16(8-5-9-17-12-16)15(19)18(3)11-14-13(2)6-10-20-14/h6,10,17H,4-5,7-9,11-12H2,1-3H3. The van der Waals surface area contributed by atoms with Crippen LogP contribution < -0.4 is 5.32 Å². The minimum absolute atomic E-state index is 0.174. The molecule has 0 radical (unpaired) electrons. The average Bonchev–Trinajstić information content (AvgIpc) is 2.85. The molecule has 0 bridgehead atoms. The molecule has 0 spiro atoms. The van der Waals surface area contributed by atoms with Gasteiger partial charge in [0.1, 0.15) is 0 Å². The van der Waals surface area contributed by atoms with Crippen molar-refractivity contribution in [1.82, 2.24) is 10.2 Å². The van der Waals surface area contributed by atoms with Gasteiger partial charge in [0.2, 0.25) is 5.91 Å². The van der Waals surface area contributed by atoms with Gasteiger partial charge in [-0.2, -0.15) is 0 Å². The highest BCUT2D eigenvalue weighted by Crippen LogP contribution is 2.34. The third kappa shape index (κ3) is 3.23. The molecule has 0 aromatic carbocycles. The normalized spacial score (nSPS) is 22.8. The molecule has 20 heavy (non-hydrogen) atoms. The molecule has 1 N–H and O–H groups in total. The van der Waals surface area contributed by atoms with Crippen LogP contribution in [0, 0.1) is 12.3 Å². The van der Waals surface area contributed by atoms with Crippen molar-refractivity contribution in [3.8, 4) is 0 Å². The van der Waals surface area contributed by atoms with Crippen LogP contribution in [0.3, 0.4) is 0 Å². The first-order valence-electron chi connectivity index (χ1n) is 7.58. The lowest BCUT2D eigenvalue weighted by Crippen LogP contribution is -2.50. The summed E-state index contributed by atoms with van der Waals surface area (Å²) in [6.45, 7) is 6.93. The number of carbonyl (C=O) groups is 1. The van der Waals surface area contributed by atoms with E-state index >= 15 is 0 Å². The van der Waals surface area contributed by atoms with Gasteiger partial charge in [0.05, 0.1) is 12.0 Å². The summed E-state index contributed by atoms with van der Waals surface area (Å²) >= 11 is 1.74. The lowest BCUT2D eigenvalue weighted by Gasteiger charge is -2.39. The zero-order valence-electron chi connectivity index (χ0n) is 12.9. The predicted octanol–water partition coefficient (Wildman–Crippen LogP) is 3.18. The number of amides is 1. The molecule has 2 heterocycles. The molecule has 3 nitrogen and oxygen atoms in total. The SMILES string of the molecule is CCCC1(C(=O)N(C)Cc2sccc2C)CCCNC1. The molecule has 1 unspecified atom stereocenters. The fraction of sp³-hybridized carbons (Fsp3) is 0.688. The summed E-state index contributed by atoms with van der Waals surface area (Å²) < 4.78 is 0. The van der Waals surface area contributed by atoms with Gasteiger partial charge in [-0.3, -0.25) is 4.79 Å². The van der Waals surface area contributed by atoms with Crippen molar-refractivity contribution in [2.45, 2.75) is 46.1 Å². The smallest absolute Gasteiger partial charge is 0.230 e. The lowest BCUT2D eigenvalue weighted by molar-refractivity contribution is -0.143. The van der Waals surface area contributed by atoms with Crippen LogP contribution in [-0.2, 0) is 11.3 Å². The average molecular weight is 294 g/mol. The van der Waals surface area contributed by atoms with Crippen LogP contribution in [0.4, 0.5) is 0 Å². The minimum atomic E-state index is -0.174. The Balaban J connectivity index is 2.08. The van der Waals surface area contributed by atoms with Crippen molar-refractivity contribution >= 4 is 17.2 Å². The molecule has 1 aromatic heterocycles. The van der Waals surface area contributed by atoms with E-state index in [0.717, 1.165) is 45.3 Å². The molecule has 1 aliphatic rings. The van der Waals surface area contributed by atoms with Crippen LogP contribution in [-0.4, -0.2) is 30.9 Å². The fourth-order valence-corrected chi connectivity index (χ4v) is 4.17. The summed E-state index contributed by atoms with van der Waals surface area (Å²) in [4.78, 5) is 16.2. The van der Waals surface area contributed by atoms with Crippen molar-refractivity contribution in [3.63, 3.8) is 0 Å². The molecule has 1 atom stereocenters. The second-order valence-electron chi connectivity index (χ2n) is 6.00. The largest absolute Gasteiger partial charge is 0.340 e. The van der Waals surface area contributed by atoms with Crippen molar-refractivity contribution < 1.29 is 4.79 Å². The van der Waals surface area contributed by atoms with Crippen molar-refractivity contribution in [3.05, 3.63) is 21.9 Å². The molecule has 1 amide bonds. The Morgan fingerprint density at radius 3 is 2.90 bits per heavy atom. The lowest BCUT2D eigenvalue weighted by atomic mass is 9.76. The van der Waals surface area contributed by atoms with E-state index in [2.05, 4.69) is 30.6 Å². The van der Waals surface area contributed by atoms with Gasteiger partial charge in [-0.15, -0.1) is 11.3 Å². The zero-order chi connectivity index (χ0) is 14.6. The molecule has 1 aliphatic heterocycles. The third-order valence-electron chi connectivity index (χ3n) is 4.35. The number of nitrogens with one attached hydrogen (secondary N) is 1. The van der Waals surface area contributed by atoms with Crippen LogP contribution in [0.1, 0.15) is 43.0 Å². The molecule has 0 aliphatic carbocycles. The van der Waals surface area contributed by atoms with Crippen molar-refractivity contribution in [1.29, 1.82) is 0 Å². The van der Waals surface area contributed by atoms with Gasteiger partial charge >= 0.3 is 0 Å². The number of piperidine rings is 1. The van der Waals surface area contributed by atoms with Crippen molar-refractivity contribution in [2.75, 3.05) is 20.1 Å². The van der Waals surface area contributed by atoms with E-state index in [9.17, 15) is 4.79 Å². The van der Waals surface area contributed by atoms with E-state index in [1.807, 2.05) is 11.9 Å². The Morgan fingerprint density at radius 1 is 1.55 bits per heavy atom. The van der Waals surface area contributed by atoms with Gasteiger partial charge < -0.3 is 10.2 Å². The van der Waals surface area contributed by atoms with Crippen molar-refractivity contribution in [2.24, 2.45) is 5.41 Å². The number of aryl methyl sites for hydroxylation is 1. The maximum atomic E-state index is 12.9. The molecule has 4 heteroatoms. The van der Waals surface area contributed by atoms with Gasteiger partial charge in [0.15, 0.2) is 0 Å². The molecule has 112 valence electrons. The Labute approximate surface area is 126 Å². The fourth-order valence-electron chi connectivity index (χ4n) is 3.21. The summed E-state index contributed by atoms with van der Waals surface area (Å²) in [6, 6.07) is 2.13. The zero-order valence-corrected chi connectivity index (χ0v) is 13.7. The van der Waals surface area contributed by atoms with E-state index in [4.69, 9.17) is 0 Å².